The molecule has 3 aromatic heterocycles. The molecule has 0 N–H and O–H groups in total. The zero-order chi connectivity index (χ0) is 39.6. The monoisotopic (exact) mass is 766 g/mol. The molecule has 0 spiro atoms. The van der Waals surface area contributed by atoms with Gasteiger partial charge in [0.05, 0.1) is 22.1 Å². The highest BCUT2D eigenvalue weighted by Gasteiger charge is 2.22. The van der Waals surface area contributed by atoms with Crippen LogP contribution in [0.2, 0.25) is 0 Å². The molecule has 0 aliphatic carbocycles. The lowest BCUT2D eigenvalue weighted by molar-refractivity contribution is 0.669. The fourth-order valence-corrected chi connectivity index (χ4v) is 8.81. The van der Waals surface area contributed by atoms with Crippen molar-refractivity contribution in [2.75, 3.05) is 0 Å². The highest BCUT2D eigenvalue weighted by atomic mass is 16.3. The molecular weight excluding hydrogens is 733 g/mol. The van der Waals surface area contributed by atoms with Gasteiger partial charge in [0.15, 0.2) is 17.5 Å². The molecule has 3 heterocycles. The molecule has 5 nitrogen and oxygen atoms in total. The van der Waals surface area contributed by atoms with E-state index in [4.69, 9.17) is 19.4 Å². The molecule has 12 rings (SSSR count). The van der Waals surface area contributed by atoms with E-state index >= 15 is 0 Å². The predicted molar refractivity (Wildman–Crippen MR) is 246 cm³/mol. The van der Waals surface area contributed by atoms with Gasteiger partial charge in [-0.2, -0.15) is 0 Å². The lowest BCUT2D eigenvalue weighted by atomic mass is 9.96. The summed E-state index contributed by atoms with van der Waals surface area (Å²) >= 11 is 0. The Morgan fingerprint density at radius 2 is 0.900 bits per heavy atom. The van der Waals surface area contributed by atoms with Crippen LogP contribution in [0.25, 0.3) is 117 Å². The van der Waals surface area contributed by atoms with Crippen molar-refractivity contribution in [3.63, 3.8) is 0 Å². The average molecular weight is 767 g/mol. The number of hydrogen-bond donors (Lipinski definition) is 0. The van der Waals surface area contributed by atoms with E-state index in [9.17, 15) is 0 Å². The molecule has 0 saturated carbocycles. The van der Waals surface area contributed by atoms with E-state index in [1.165, 1.54) is 32.7 Å². The van der Waals surface area contributed by atoms with Gasteiger partial charge < -0.3 is 8.98 Å². The summed E-state index contributed by atoms with van der Waals surface area (Å²) in [6, 6.07) is 72.3. The topological polar surface area (TPSA) is 56.7 Å². The molecule has 5 heteroatoms. The van der Waals surface area contributed by atoms with Crippen molar-refractivity contribution in [1.82, 2.24) is 19.5 Å². The van der Waals surface area contributed by atoms with Gasteiger partial charge in [-0.3, -0.25) is 0 Å². The van der Waals surface area contributed by atoms with E-state index in [1.807, 2.05) is 60.7 Å². The summed E-state index contributed by atoms with van der Waals surface area (Å²) in [7, 11) is 0. The number of benzene rings is 9. The lowest BCUT2D eigenvalue weighted by Gasteiger charge is -2.14. The highest BCUT2D eigenvalue weighted by Crippen LogP contribution is 2.43. The third-order valence-corrected chi connectivity index (χ3v) is 11.6. The second kappa shape index (κ2) is 13.8. The summed E-state index contributed by atoms with van der Waals surface area (Å²) in [5, 5.41) is 6.84. The van der Waals surface area contributed by atoms with Crippen LogP contribution in [-0.2, 0) is 0 Å². The summed E-state index contributed by atoms with van der Waals surface area (Å²) in [6.07, 6.45) is 0. The number of rotatable bonds is 6. The van der Waals surface area contributed by atoms with E-state index in [0.717, 1.165) is 66.5 Å². The van der Waals surface area contributed by atoms with Gasteiger partial charge in [0.1, 0.15) is 11.2 Å². The first-order chi connectivity index (χ1) is 29.7. The first-order valence-corrected chi connectivity index (χ1v) is 20.2. The zero-order valence-corrected chi connectivity index (χ0v) is 32.3. The van der Waals surface area contributed by atoms with Gasteiger partial charge in [0.25, 0.3) is 0 Å². The maximum absolute atomic E-state index is 6.97. The summed E-state index contributed by atoms with van der Waals surface area (Å²) in [5.74, 6) is 1.82. The van der Waals surface area contributed by atoms with Gasteiger partial charge in [-0.25, -0.2) is 15.0 Å². The van der Waals surface area contributed by atoms with Crippen molar-refractivity contribution < 1.29 is 4.42 Å². The first kappa shape index (κ1) is 33.9. The van der Waals surface area contributed by atoms with Crippen LogP contribution in [0.15, 0.2) is 211 Å². The largest absolute Gasteiger partial charge is 0.456 e. The maximum Gasteiger partial charge on any atom is 0.164 e. The first-order valence-electron chi connectivity index (χ1n) is 20.2. The summed E-state index contributed by atoms with van der Waals surface area (Å²) in [6.45, 7) is 0. The van der Waals surface area contributed by atoms with Crippen LogP contribution in [-0.4, -0.2) is 19.5 Å². The van der Waals surface area contributed by atoms with Gasteiger partial charge in [0, 0.05) is 32.8 Å². The summed E-state index contributed by atoms with van der Waals surface area (Å²) in [4.78, 5) is 15.0. The Morgan fingerprint density at radius 1 is 0.333 bits per heavy atom. The molecule has 0 aliphatic heterocycles. The van der Waals surface area contributed by atoms with Gasteiger partial charge >= 0.3 is 0 Å². The molecule has 0 amide bonds. The average Bonchev–Trinajstić information content (AvgIpc) is 3.87. The van der Waals surface area contributed by atoms with Crippen LogP contribution in [0.1, 0.15) is 0 Å². The van der Waals surface area contributed by atoms with Crippen molar-refractivity contribution in [3.8, 4) is 62.1 Å². The molecule has 0 unspecified atom stereocenters. The zero-order valence-electron chi connectivity index (χ0n) is 32.3. The maximum atomic E-state index is 6.97. The number of fused-ring (bicyclic) bond motifs is 7. The molecule has 0 bridgehead atoms. The fourth-order valence-electron chi connectivity index (χ4n) is 8.81. The van der Waals surface area contributed by atoms with Crippen molar-refractivity contribution >= 4 is 54.5 Å². The Labute approximate surface area is 345 Å². The number of nitrogens with zero attached hydrogens (tertiary/aromatic N) is 4. The Kier molecular flexibility index (Phi) is 7.78. The summed E-state index contributed by atoms with van der Waals surface area (Å²) < 4.78 is 9.39. The second-order valence-electron chi connectivity index (χ2n) is 15.2. The Balaban J connectivity index is 1.12. The van der Waals surface area contributed by atoms with Crippen molar-refractivity contribution in [2.45, 2.75) is 0 Å². The van der Waals surface area contributed by atoms with Crippen molar-refractivity contribution in [2.24, 2.45) is 0 Å². The molecule has 280 valence electrons. The third-order valence-electron chi connectivity index (χ3n) is 11.6. The van der Waals surface area contributed by atoms with Gasteiger partial charge in [-0.05, 0) is 75.5 Å². The number of para-hydroxylation sites is 1. The van der Waals surface area contributed by atoms with E-state index in [1.54, 1.807) is 0 Å². The van der Waals surface area contributed by atoms with E-state index in [-0.39, 0.29) is 0 Å². The summed E-state index contributed by atoms with van der Waals surface area (Å²) in [5.41, 5.74) is 12.2. The fraction of sp³-hybridized carbons (Fsp3) is 0. The molecule has 0 saturated heterocycles. The molecular formula is C55H34N4O. The molecule has 60 heavy (non-hydrogen) atoms. The van der Waals surface area contributed by atoms with Gasteiger partial charge in [-0.1, -0.05) is 164 Å². The minimum atomic E-state index is 0.582. The highest BCUT2D eigenvalue weighted by molar-refractivity contribution is 6.16. The Bertz CT molecular complexity index is 3530. The SMILES string of the molecule is c1ccc(-c2ccc3c(c2)c2ccccc2n3-c2cc(-c3cccc4ccccc34)cc3oc4cc(-c5nc(-c6ccccc6)nc(-c6ccccc6)n5)ccc4c23)cc1. The standard InChI is InChI=1S/C55H34N4O/c1-4-15-35(16-5-1)39-28-30-48-46(31-39)44-24-12-13-26-47(44)59(48)49-32-41(43-25-14-22-36-17-10-11-23-42(36)43)34-51-52(49)45-29-27-40(33-50(45)60-51)55-57-53(37-18-6-2-7-19-37)56-54(58-55)38-20-8-3-9-21-38/h1-34H. The predicted octanol–water partition coefficient (Wildman–Crippen LogP) is 14.4. The third kappa shape index (κ3) is 5.59. The van der Waals surface area contributed by atoms with Crippen LogP contribution in [0.5, 0.6) is 0 Å². The normalized spacial score (nSPS) is 11.7. The lowest BCUT2D eigenvalue weighted by Crippen LogP contribution is -2.00. The van der Waals surface area contributed by atoms with E-state index in [2.05, 4.69) is 150 Å². The van der Waals surface area contributed by atoms with Crippen LogP contribution >= 0.6 is 0 Å². The second-order valence-corrected chi connectivity index (χ2v) is 15.2. The number of hydrogen-bond acceptors (Lipinski definition) is 4. The molecule has 0 aliphatic rings. The van der Waals surface area contributed by atoms with Crippen LogP contribution in [0, 0.1) is 0 Å². The molecule has 9 aromatic carbocycles. The minimum absolute atomic E-state index is 0.582. The van der Waals surface area contributed by atoms with Gasteiger partial charge in [0.2, 0.25) is 0 Å². The molecule has 0 atom stereocenters. The Hall–Kier alpha value is -8.15. The van der Waals surface area contributed by atoms with Crippen molar-refractivity contribution in [1.29, 1.82) is 0 Å². The van der Waals surface area contributed by atoms with Crippen LogP contribution < -0.4 is 0 Å². The smallest absolute Gasteiger partial charge is 0.164 e. The van der Waals surface area contributed by atoms with E-state index < -0.39 is 0 Å². The van der Waals surface area contributed by atoms with Crippen LogP contribution in [0.4, 0.5) is 0 Å². The minimum Gasteiger partial charge on any atom is -0.456 e. The van der Waals surface area contributed by atoms with Gasteiger partial charge in [-0.15, -0.1) is 0 Å². The van der Waals surface area contributed by atoms with Crippen molar-refractivity contribution in [3.05, 3.63) is 206 Å². The van der Waals surface area contributed by atoms with Crippen LogP contribution in [0.3, 0.4) is 0 Å². The number of furan rings is 1. The molecule has 0 radical (unpaired) electrons. The molecule has 0 fully saturated rings. The number of aromatic nitrogens is 4. The van der Waals surface area contributed by atoms with E-state index in [0.29, 0.717) is 17.5 Å². The quantitative estimate of drug-likeness (QED) is 0.169. The molecule has 12 aromatic rings. The Morgan fingerprint density at radius 3 is 1.63 bits per heavy atom.